The molecule has 0 radical (unpaired) electrons. The fourth-order valence-corrected chi connectivity index (χ4v) is 1.65. The van der Waals surface area contributed by atoms with Crippen molar-refractivity contribution in [2.45, 2.75) is 39.0 Å². The van der Waals surface area contributed by atoms with E-state index in [1.807, 2.05) is 6.92 Å². The van der Waals surface area contributed by atoms with E-state index in [-0.39, 0.29) is 5.78 Å². The van der Waals surface area contributed by atoms with Gasteiger partial charge in [0.25, 0.3) is 0 Å². The number of carbonyl (C=O) groups excluding carboxylic acids is 1. The van der Waals surface area contributed by atoms with Gasteiger partial charge in [0.1, 0.15) is 17.4 Å². The van der Waals surface area contributed by atoms with E-state index in [1.165, 1.54) is 12.1 Å². The highest BCUT2D eigenvalue weighted by Crippen LogP contribution is 2.11. The van der Waals surface area contributed by atoms with E-state index in [1.54, 1.807) is 0 Å². The monoisotopic (exact) mass is 226 g/mol. The van der Waals surface area contributed by atoms with Crippen LogP contribution in [-0.4, -0.2) is 5.78 Å². The molecule has 0 atom stereocenters. The van der Waals surface area contributed by atoms with Gasteiger partial charge in [-0.05, 0) is 37.0 Å². The van der Waals surface area contributed by atoms with E-state index in [0.29, 0.717) is 31.2 Å². The number of carbonyl (C=O) groups is 1. The Hall–Kier alpha value is -1.25. The van der Waals surface area contributed by atoms with Gasteiger partial charge in [0.2, 0.25) is 0 Å². The first-order valence-corrected chi connectivity index (χ1v) is 5.58. The van der Waals surface area contributed by atoms with Crippen molar-refractivity contribution in [3.63, 3.8) is 0 Å². The lowest BCUT2D eigenvalue weighted by Crippen LogP contribution is -1.98. The number of rotatable bonds is 6. The molecule has 0 aliphatic carbocycles. The molecular formula is C13H16F2O. The molecule has 0 aromatic heterocycles. The summed E-state index contributed by atoms with van der Waals surface area (Å²) in [5.41, 5.74) is 0.613. The number of aryl methyl sites for hydroxylation is 1. The maximum Gasteiger partial charge on any atom is 0.132 e. The van der Waals surface area contributed by atoms with Gasteiger partial charge in [0, 0.05) is 18.9 Å². The van der Waals surface area contributed by atoms with E-state index < -0.39 is 11.6 Å². The van der Waals surface area contributed by atoms with Crippen molar-refractivity contribution in [1.29, 1.82) is 0 Å². The van der Waals surface area contributed by atoms with Crippen LogP contribution in [0.2, 0.25) is 0 Å². The van der Waals surface area contributed by atoms with Crippen LogP contribution in [0, 0.1) is 11.6 Å². The number of benzene rings is 1. The smallest absolute Gasteiger partial charge is 0.132 e. The van der Waals surface area contributed by atoms with Crippen LogP contribution in [0.5, 0.6) is 0 Å². The van der Waals surface area contributed by atoms with Crippen LogP contribution in [-0.2, 0) is 11.2 Å². The van der Waals surface area contributed by atoms with Crippen molar-refractivity contribution in [2.75, 3.05) is 0 Å². The molecule has 0 N–H and O–H groups in total. The van der Waals surface area contributed by atoms with Crippen LogP contribution in [0.1, 0.15) is 38.2 Å². The van der Waals surface area contributed by atoms with Crippen molar-refractivity contribution >= 4 is 5.78 Å². The van der Waals surface area contributed by atoms with Crippen molar-refractivity contribution in [3.8, 4) is 0 Å². The van der Waals surface area contributed by atoms with Crippen LogP contribution in [0.4, 0.5) is 8.78 Å². The molecule has 1 aromatic carbocycles. The number of hydrogen-bond donors (Lipinski definition) is 0. The molecule has 0 aliphatic rings. The Kier molecular flexibility index (Phi) is 5.09. The lowest BCUT2D eigenvalue weighted by molar-refractivity contribution is -0.119. The third kappa shape index (κ3) is 4.51. The van der Waals surface area contributed by atoms with Gasteiger partial charge in [0.05, 0.1) is 0 Å². The van der Waals surface area contributed by atoms with Gasteiger partial charge in [-0.3, -0.25) is 4.79 Å². The molecule has 1 rings (SSSR count). The summed E-state index contributed by atoms with van der Waals surface area (Å²) in [6, 6.07) is 3.48. The normalized spacial score (nSPS) is 10.4. The molecule has 0 unspecified atom stereocenters. The van der Waals surface area contributed by atoms with Gasteiger partial charge in [0.15, 0.2) is 0 Å². The van der Waals surface area contributed by atoms with Crippen molar-refractivity contribution in [2.24, 2.45) is 0 Å². The molecule has 0 bridgehead atoms. The summed E-state index contributed by atoms with van der Waals surface area (Å²) in [6.45, 7) is 1.96. The molecule has 3 heteroatoms. The molecule has 0 saturated carbocycles. The second-order valence-corrected chi connectivity index (χ2v) is 3.92. The Balaban J connectivity index is 2.40. The Labute approximate surface area is 94.5 Å². The topological polar surface area (TPSA) is 17.1 Å². The minimum Gasteiger partial charge on any atom is -0.300 e. The predicted molar refractivity (Wildman–Crippen MR) is 59.2 cm³/mol. The molecule has 88 valence electrons. The van der Waals surface area contributed by atoms with Gasteiger partial charge < -0.3 is 0 Å². The fraction of sp³-hybridized carbons (Fsp3) is 0.462. The van der Waals surface area contributed by atoms with Crippen LogP contribution >= 0.6 is 0 Å². The lowest BCUT2D eigenvalue weighted by atomic mass is 10.0. The Bertz CT molecular complexity index is 341. The SMILES string of the molecule is CCCC(=O)CCCc1cc(F)cc(F)c1. The second-order valence-electron chi connectivity index (χ2n) is 3.92. The van der Waals surface area contributed by atoms with Crippen molar-refractivity contribution in [1.82, 2.24) is 0 Å². The minimum absolute atomic E-state index is 0.222. The quantitative estimate of drug-likeness (QED) is 0.723. The van der Waals surface area contributed by atoms with Crippen LogP contribution in [0.25, 0.3) is 0 Å². The van der Waals surface area contributed by atoms with Gasteiger partial charge in [-0.15, -0.1) is 0 Å². The Morgan fingerprint density at radius 2 is 1.75 bits per heavy atom. The van der Waals surface area contributed by atoms with Crippen LogP contribution < -0.4 is 0 Å². The summed E-state index contributed by atoms with van der Waals surface area (Å²) in [5, 5.41) is 0. The predicted octanol–water partition coefficient (Wildman–Crippen LogP) is 3.66. The summed E-state index contributed by atoms with van der Waals surface area (Å²) >= 11 is 0. The van der Waals surface area contributed by atoms with Crippen LogP contribution in [0.15, 0.2) is 18.2 Å². The first-order chi connectivity index (χ1) is 7.61. The van der Waals surface area contributed by atoms with E-state index in [2.05, 4.69) is 0 Å². The molecule has 0 heterocycles. The molecular weight excluding hydrogens is 210 g/mol. The van der Waals surface area contributed by atoms with Gasteiger partial charge in [-0.25, -0.2) is 8.78 Å². The third-order valence-electron chi connectivity index (χ3n) is 2.37. The average Bonchev–Trinajstić information content (AvgIpc) is 2.16. The summed E-state index contributed by atoms with van der Waals surface area (Å²) in [5.74, 6) is -0.899. The molecule has 0 spiro atoms. The van der Waals surface area contributed by atoms with Gasteiger partial charge >= 0.3 is 0 Å². The first kappa shape index (κ1) is 12.8. The molecule has 1 aromatic rings. The number of Topliss-reactive ketones (excluding diaryl/α,β-unsaturated/α-hetero) is 1. The highest BCUT2D eigenvalue weighted by atomic mass is 19.1. The number of ketones is 1. The van der Waals surface area contributed by atoms with E-state index in [4.69, 9.17) is 0 Å². The van der Waals surface area contributed by atoms with E-state index >= 15 is 0 Å². The maximum absolute atomic E-state index is 12.8. The standard InChI is InChI=1S/C13H16F2O/c1-2-4-13(16)6-3-5-10-7-11(14)9-12(15)8-10/h7-9H,2-6H2,1H3. The van der Waals surface area contributed by atoms with E-state index in [9.17, 15) is 13.6 Å². The van der Waals surface area contributed by atoms with Gasteiger partial charge in [-0.2, -0.15) is 0 Å². The fourth-order valence-electron chi connectivity index (χ4n) is 1.65. The summed E-state index contributed by atoms with van der Waals surface area (Å²) in [7, 11) is 0. The molecule has 16 heavy (non-hydrogen) atoms. The highest BCUT2D eigenvalue weighted by Gasteiger charge is 2.03. The van der Waals surface area contributed by atoms with Crippen LogP contribution in [0.3, 0.4) is 0 Å². The second kappa shape index (κ2) is 6.36. The molecule has 0 amide bonds. The zero-order chi connectivity index (χ0) is 12.0. The maximum atomic E-state index is 12.8. The minimum atomic E-state index is -0.560. The zero-order valence-corrected chi connectivity index (χ0v) is 9.43. The molecule has 0 fully saturated rings. The molecule has 0 saturated heterocycles. The zero-order valence-electron chi connectivity index (χ0n) is 9.43. The summed E-state index contributed by atoms with van der Waals surface area (Å²) in [4.78, 5) is 11.2. The number of halogens is 2. The highest BCUT2D eigenvalue weighted by molar-refractivity contribution is 5.78. The Morgan fingerprint density at radius 1 is 1.12 bits per heavy atom. The van der Waals surface area contributed by atoms with Gasteiger partial charge in [-0.1, -0.05) is 6.92 Å². The molecule has 1 nitrogen and oxygen atoms in total. The lowest BCUT2D eigenvalue weighted by Gasteiger charge is -2.02. The largest absolute Gasteiger partial charge is 0.300 e. The third-order valence-corrected chi connectivity index (χ3v) is 2.37. The average molecular weight is 226 g/mol. The summed E-state index contributed by atoms with van der Waals surface area (Å²) < 4.78 is 25.7. The first-order valence-electron chi connectivity index (χ1n) is 5.58. The van der Waals surface area contributed by atoms with Crippen molar-refractivity contribution < 1.29 is 13.6 Å². The Morgan fingerprint density at radius 3 is 2.31 bits per heavy atom. The van der Waals surface area contributed by atoms with Crippen molar-refractivity contribution in [3.05, 3.63) is 35.4 Å². The molecule has 0 aliphatic heterocycles. The van der Waals surface area contributed by atoms with E-state index in [0.717, 1.165) is 12.5 Å². The summed E-state index contributed by atoms with van der Waals surface area (Å²) in [6.07, 6.45) is 3.14. The number of hydrogen-bond acceptors (Lipinski definition) is 1.